The Morgan fingerprint density at radius 3 is 2.50 bits per heavy atom. The Hall–Kier alpha value is -2.95. The van der Waals surface area contributed by atoms with Crippen LogP contribution >= 0.6 is 0 Å². The molecular weight excluding hydrogens is 376 g/mol. The first-order valence-electron chi connectivity index (χ1n) is 10.7. The van der Waals surface area contributed by atoms with Crippen LogP contribution in [0, 0.1) is 0 Å². The Balaban J connectivity index is 1.52. The Labute approximate surface area is 177 Å². The average Bonchev–Trinajstić information content (AvgIpc) is 3.31. The molecule has 156 valence electrons. The van der Waals surface area contributed by atoms with Crippen LogP contribution in [0.3, 0.4) is 0 Å². The quantitative estimate of drug-likeness (QED) is 0.575. The van der Waals surface area contributed by atoms with Crippen LogP contribution < -0.4 is 5.32 Å². The first kappa shape index (κ1) is 20.3. The normalized spacial score (nSPS) is 21.5. The number of Topliss-reactive ketones (excluding diaryl/α,β-unsaturated/α-hetero) is 1. The van der Waals surface area contributed by atoms with E-state index < -0.39 is 11.6 Å². The highest BCUT2D eigenvalue weighted by atomic mass is 16.2. The Bertz CT molecular complexity index is 1010. The summed E-state index contributed by atoms with van der Waals surface area (Å²) in [6.07, 6.45) is 4.20. The van der Waals surface area contributed by atoms with E-state index in [9.17, 15) is 14.4 Å². The van der Waals surface area contributed by atoms with E-state index >= 15 is 0 Å². The molecule has 0 aromatic heterocycles. The van der Waals surface area contributed by atoms with Gasteiger partial charge >= 0.3 is 6.03 Å². The number of nitrogens with zero attached hydrogens (tertiary/aromatic N) is 1. The first-order valence-corrected chi connectivity index (χ1v) is 10.7. The van der Waals surface area contributed by atoms with Gasteiger partial charge < -0.3 is 5.32 Å². The molecule has 2 aromatic carbocycles. The number of carbonyl (C=O) groups is 3. The molecule has 2 unspecified atom stereocenters. The van der Waals surface area contributed by atoms with Gasteiger partial charge in [0.25, 0.3) is 5.91 Å². The molecule has 0 bridgehead atoms. The maximum Gasteiger partial charge on any atom is 0.325 e. The van der Waals surface area contributed by atoms with Crippen molar-refractivity contribution in [3.05, 3.63) is 70.3 Å². The SMILES string of the molecule is CCC(C)c1ccc(C(=O)CN2C(=O)NC(C)(c3ccc4c(c3)CCC4)C2=O)cc1. The van der Waals surface area contributed by atoms with Crippen LogP contribution in [-0.2, 0) is 23.2 Å². The summed E-state index contributed by atoms with van der Waals surface area (Å²) in [5.41, 5.74) is 3.87. The molecule has 1 fully saturated rings. The van der Waals surface area contributed by atoms with E-state index in [0.717, 1.165) is 36.1 Å². The topological polar surface area (TPSA) is 66.5 Å². The monoisotopic (exact) mass is 404 g/mol. The standard InChI is InChI=1S/C25H28N2O3/c1-4-16(2)17-8-10-19(11-9-17)22(28)15-27-23(29)25(3,26-24(27)30)21-13-12-18-6-5-7-20(18)14-21/h8-14,16H,4-7,15H2,1-3H3,(H,26,30). The summed E-state index contributed by atoms with van der Waals surface area (Å²) < 4.78 is 0. The number of hydrogen-bond acceptors (Lipinski definition) is 3. The number of carbonyl (C=O) groups excluding carboxylic acids is 3. The molecule has 2 aromatic rings. The highest BCUT2D eigenvalue weighted by Crippen LogP contribution is 2.32. The highest BCUT2D eigenvalue weighted by molar-refractivity contribution is 6.11. The van der Waals surface area contributed by atoms with Gasteiger partial charge in [-0.3, -0.25) is 14.5 Å². The second kappa shape index (κ2) is 7.71. The molecule has 30 heavy (non-hydrogen) atoms. The predicted octanol–water partition coefficient (Wildman–Crippen LogP) is 4.34. The van der Waals surface area contributed by atoms with Gasteiger partial charge in [-0.15, -0.1) is 0 Å². The predicted molar refractivity (Wildman–Crippen MR) is 116 cm³/mol. The molecule has 0 radical (unpaired) electrons. The number of urea groups is 1. The molecule has 1 saturated heterocycles. The number of hydrogen-bond donors (Lipinski definition) is 1. The Morgan fingerprint density at radius 1 is 1.10 bits per heavy atom. The van der Waals surface area contributed by atoms with Gasteiger partial charge in [0.15, 0.2) is 5.78 Å². The van der Waals surface area contributed by atoms with Gasteiger partial charge in [0.2, 0.25) is 0 Å². The van der Waals surface area contributed by atoms with Crippen molar-refractivity contribution in [1.29, 1.82) is 0 Å². The van der Waals surface area contributed by atoms with Crippen LogP contribution in [0.4, 0.5) is 4.79 Å². The summed E-state index contributed by atoms with van der Waals surface area (Å²) in [5, 5.41) is 2.81. The van der Waals surface area contributed by atoms with Crippen molar-refractivity contribution in [3.63, 3.8) is 0 Å². The van der Waals surface area contributed by atoms with Crippen LogP contribution in [0.5, 0.6) is 0 Å². The number of fused-ring (bicyclic) bond motifs is 1. The molecular formula is C25H28N2O3. The van der Waals surface area contributed by atoms with Crippen molar-refractivity contribution in [3.8, 4) is 0 Å². The van der Waals surface area contributed by atoms with Gasteiger partial charge in [-0.25, -0.2) is 4.79 Å². The van der Waals surface area contributed by atoms with Crippen LogP contribution in [0.15, 0.2) is 42.5 Å². The van der Waals surface area contributed by atoms with Crippen LogP contribution in [0.1, 0.15) is 72.1 Å². The van der Waals surface area contributed by atoms with Crippen molar-refractivity contribution in [2.75, 3.05) is 6.54 Å². The zero-order chi connectivity index (χ0) is 21.5. The maximum atomic E-state index is 13.2. The maximum absolute atomic E-state index is 13.2. The zero-order valence-corrected chi connectivity index (χ0v) is 17.8. The van der Waals surface area contributed by atoms with E-state index in [2.05, 4.69) is 25.2 Å². The lowest BCUT2D eigenvalue weighted by molar-refractivity contribution is -0.130. The van der Waals surface area contributed by atoms with Gasteiger partial charge in [0.05, 0.1) is 6.54 Å². The lowest BCUT2D eigenvalue weighted by Crippen LogP contribution is -2.41. The molecule has 3 amide bonds. The lowest BCUT2D eigenvalue weighted by Gasteiger charge is -2.23. The fourth-order valence-electron chi connectivity index (χ4n) is 4.39. The number of nitrogens with one attached hydrogen (secondary N) is 1. The molecule has 4 rings (SSSR count). The molecule has 0 saturated carbocycles. The smallest absolute Gasteiger partial charge is 0.319 e. The lowest BCUT2D eigenvalue weighted by atomic mass is 9.89. The fourth-order valence-corrected chi connectivity index (χ4v) is 4.39. The second-order valence-corrected chi connectivity index (χ2v) is 8.64. The molecule has 2 atom stereocenters. The van der Waals surface area contributed by atoms with Gasteiger partial charge in [0, 0.05) is 5.56 Å². The number of amides is 3. The van der Waals surface area contributed by atoms with E-state index in [4.69, 9.17) is 0 Å². The van der Waals surface area contributed by atoms with Gasteiger partial charge in [-0.05, 0) is 60.8 Å². The van der Waals surface area contributed by atoms with Gasteiger partial charge in [-0.2, -0.15) is 0 Å². The van der Waals surface area contributed by atoms with Crippen LogP contribution in [-0.4, -0.2) is 29.2 Å². The van der Waals surface area contributed by atoms with E-state index in [-0.39, 0.29) is 18.2 Å². The summed E-state index contributed by atoms with van der Waals surface area (Å²) in [6.45, 7) is 5.73. The Morgan fingerprint density at radius 2 is 1.80 bits per heavy atom. The van der Waals surface area contributed by atoms with Gasteiger partial charge in [0.1, 0.15) is 5.54 Å². The third-order valence-electron chi connectivity index (χ3n) is 6.67. The number of aryl methyl sites for hydroxylation is 2. The molecule has 5 heteroatoms. The number of imide groups is 1. The summed E-state index contributed by atoms with van der Waals surface area (Å²) >= 11 is 0. The van der Waals surface area contributed by atoms with E-state index in [1.165, 1.54) is 16.7 Å². The van der Waals surface area contributed by atoms with Crippen molar-refractivity contribution in [2.24, 2.45) is 0 Å². The molecule has 0 spiro atoms. The summed E-state index contributed by atoms with van der Waals surface area (Å²) in [5.74, 6) is -0.199. The van der Waals surface area contributed by atoms with Crippen molar-refractivity contribution >= 4 is 17.7 Å². The third kappa shape index (κ3) is 3.42. The van der Waals surface area contributed by atoms with Crippen molar-refractivity contribution in [1.82, 2.24) is 10.2 Å². The van der Waals surface area contributed by atoms with Crippen LogP contribution in [0.2, 0.25) is 0 Å². The molecule has 5 nitrogen and oxygen atoms in total. The number of rotatable bonds is 6. The zero-order valence-electron chi connectivity index (χ0n) is 17.8. The second-order valence-electron chi connectivity index (χ2n) is 8.64. The van der Waals surface area contributed by atoms with Gasteiger partial charge in [-0.1, -0.05) is 56.3 Å². The molecule has 1 aliphatic carbocycles. The number of benzene rings is 2. The average molecular weight is 405 g/mol. The minimum atomic E-state index is -1.14. The minimum Gasteiger partial charge on any atom is -0.319 e. The Kier molecular flexibility index (Phi) is 5.22. The van der Waals surface area contributed by atoms with E-state index in [0.29, 0.717) is 11.5 Å². The summed E-state index contributed by atoms with van der Waals surface area (Å²) in [6, 6.07) is 12.9. The molecule has 2 aliphatic rings. The van der Waals surface area contributed by atoms with Crippen molar-refractivity contribution < 1.29 is 14.4 Å². The minimum absolute atomic E-state index is 0.243. The van der Waals surface area contributed by atoms with Crippen LogP contribution in [0.25, 0.3) is 0 Å². The van der Waals surface area contributed by atoms with E-state index in [1.807, 2.05) is 24.3 Å². The molecule has 1 heterocycles. The third-order valence-corrected chi connectivity index (χ3v) is 6.67. The number of ketones is 1. The fraction of sp³-hybridized carbons (Fsp3) is 0.400. The highest BCUT2D eigenvalue weighted by Gasteiger charge is 2.49. The van der Waals surface area contributed by atoms with Crippen molar-refractivity contribution in [2.45, 2.75) is 57.9 Å². The summed E-state index contributed by atoms with van der Waals surface area (Å²) in [7, 11) is 0. The van der Waals surface area contributed by atoms with E-state index in [1.54, 1.807) is 19.1 Å². The summed E-state index contributed by atoms with van der Waals surface area (Å²) in [4.78, 5) is 39.6. The largest absolute Gasteiger partial charge is 0.325 e. The molecule has 1 aliphatic heterocycles. The molecule has 1 N–H and O–H groups in total. The first-order chi connectivity index (χ1) is 14.3.